The van der Waals surface area contributed by atoms with Gasteiger partial charge in [0.05, 0.1) is 0 Å². The first kappa shape index (κ1) is 32.4. The van der Waals surface area contributed by atoms with Crippen molar-refractivity contribution in [3.8, 4) is 22.9 Å². The van der Waals surface area contributed by atoms with Gasteiger partial charge in [0.25, 0.3) is 0 Å². The minimum atomic E-state index is -2.46. The van der Waals surface area contributed by atoms with E-state index < -0.39 is 16.1 Å². The predicted octanol–water partition coefficient (Wildman–Crippen LogP) is 6.67. The van der Waals surface area contributed by atoms with Crippen LogP contribution in [-0.2, 0) is 4.79 Å². The van der Waals surface area contributed by atoms with Gasteiger partial charge in [-0.15, -0.1) is 36.1 Å². The number of allylic oxidation sites excluding steroid dienone is 4. The van der Waals surface area contributed by atoms with Gasteiger partial charge in [0.1, 0.15) is 0 Å². The van der Waals surface area contributed by atoms with Gasteiger partial charge in [-0.1, -0.05) is 133 Å². The fraction of sp³-hybridized carbons (Fsp3) is 0.140. The lowest BCUT2D eigenvalue weighted by molar-refractivity contribution is -0.112. The lowest BCUT2D eigenvalue weighted by atomic mass is 10.0. The summed E-state index contributed by atoms with van der Waals surface area (Å²) < 4.78 is 0. The molecule has 0 bridgehead atoms. The molecule has 0 saturated carbocycles. The minimum absolute atomic E-state index is 0.143. The smallest absolute Gasteiger partial charge is 0.202 e. The first-order valence-electron chi connectivity index (χ1n) is 16.1. The number of carbonyl (C=O) groups is 1. The molecule has 1 fully saturated rings. The molecule has 2 aliphatic rings. The van der Waals surface area contributed by atoms with E-state index in [0.29, 0.717) is 12.8 Å². The summed E-state index contributed by atoms with van der Waals surface area (Å²) >= 11 is 1.88. The molecule has 1 saturated heterocycles. The van der Waals surface area contributed by atoms with Crippen molar-refractivity contribution >= 4 is 54.4 Å². The summed E-state index contributed by atoms with van der Waals surface area (Å²) in [6.45, 7) is 8.24. The van der Waals surface area contributed by atoms with Crippen molar-refractivity contribution in [3.05, 3.63) is 169 Å². The molecule has 1 aliphatic heterocycles. The zero-order valence-corrected chi connectivity index (χ0v) is 29.5. The average molecular weight is 659 g/mol. The summed E-state index contributed by atoms with van der Waals surface area (Å²) in [6, 6.07) is 44.2. The van der Waals surface area contributed by atoms with Crippen molar-refractivity contribution < 1.29 is 4.79 Å². The summed E-state index contributed by atoms with van der Waals surface area (Å²) in [4.78, 5) is 14.1. The molecule has 4 aromatic carbocycles. The van der Waals surface area contributed by atoms with E-state index in [2.05, 4.69) is 157 Å². The third-order valence-corrected chi connectivity index (χ3v) is 18.5. The highest BCUT2D eigenvalue weighted by molar-refractivity contribution is 8.00. The van der Waals surface area contributed by atoms with Gasteiger partial charge in [-0.2, -0.15) is 11.8 Å². The van der Waals surface area contributed by atoms with Gasteiger partial charge in [-0.05, 0) is 44.0 Å². The second-order valence-electron chi connectivity index (χ2n) is 12.0. The summed E-state index contributed by atoms with van der Waals surface area (Å²) in [7, 11) is -4.93. The van der Waals surface area contributed by atoms with Crippen LogP contribution >= 0.6 is 11.8 Å². The Hall–Kier alpha value is -4.59. The number of thioether (sulfide) groups is 1. The normalized spacial score (nSPS) is 14.2. The molecule has 0 N–H and O–H groups in total. The van der Waals surface area contributed by atoms with Gasteiger partial charge in [-0.3, -0.25) is 4.79 Å². The summed E-state index contributed by atoms with van der Waals surface area (Å²) in [5, 5.41) is 5.07. The molecule has 230 valence electrons. The van der Waals surface area contributed by atoms with Gasteiger partial charge >= 0.3 is 0 Å². The van der Waals surface area contributed by atoms with Crippen molar-refractivity contribution in [1.82, 2.24) is 0 Å². The molecule has 0 spiro atoms. The molecule has 1 nitrogen and oxygen atoms in total. The highest BCUT2D eigenvalue weighted by atomic mass is 32.2. The molecular weight excluding hydrogens is 621 g/mol. The van der Waals surface area contributed by atoms with Crippen LogP contribution in [0.25, 0.3) is 0 Å². The van der Waals surface area contributed by atoms with Crippen molar-refractivity contribution in [2.45, 2.75) is 24.9 Å². The largest absolute Gasteiger partial charge is 0.289 e. The number of rotatable bonds is 10. The predicted molar refractivity (Wildman–Crippen MR) is 207 cm³/mol. The van der Waals surface area contributed by atoms with E-state index in [0.717, 1.165) is 34.7 Å². The third-order valence-electron chi connectivity index (χ3n) is 9.24. The van der Waals surface area contributed by atoms with E-state index in [1.54, 1.807) is 0 Å². The Bertz CT molecular complexity index is 1730. The van der Waals surface area contributed by atoms with E-state index >= 15 is 0 Å². The number of benzene rings is 4. The van der Waals surface area contributed by atoms with Crippen LogP contribution in [0, 0.1) is 22.9 Å². The molecule has 1 heterocycles. The van der Waals surface area contributed by atoms with Crippen molar-refractivity contribution in [1.29, 1.82) is 0 Å². The van der Waals surface area contributed by atoms with Crippen LogP contribution in [0.5, 0.6) is 0 Å². The Morgan fingerprint density at radius 3 is 1.17 bits per heavy atom. The maximum absolute atomic E-state index is 14.1. The topological polar surface area (TPSA) is 17.1 Å². The summed E-state index contributed by atoms with van der Waals surface area (Å²) in [5.74, 6) is 9.00. The lowest BCUT2D eigenvalue weighted by Crippen LogP contribution is -2.57. The first-order chi connectivity index (χ1) is 23.1. The Kier molecular flexibility index (Phi) is 10.2. The highest BCUT2D eigenvalue weighted by Gasteiger charge is 2.37. The zero-order chi connectivity index (χ0) is 32.5. The Balaban J connectivity index is 1.32. The molecular formula is C43H38OSSi2. The Morgan fingerprint density at radius 2 is 0.872 bits per heavy atom. The maximum Gasteiger partial charge on any atom is 0.202 e. The number of hydrogen-bond donors (Lipinski definition) is 0. The van der Waals surface area contributed by atoms with Gasteiger partial charge < -0.3 is 0 Å². The van der Waals surface area contributed by atoms with Gasteiger partial charge in [-0.25, -0.2) is 0 Å². The molecule has 0 aromatic heterocycles. The molecule has 4 aromatic rings. The molecule has 0 atom stereocenters. The lowest BCUT2D eigenvalue weighted by Gasteiger charge is -2.26. The average Bonchev–Trinajstić information content (AvgIpc) is 3.70. The number of carbonyl (C=O) groups excluding carboxylic acids is 1. The van der Waals surface area contributed by atoms with Crippen LogP contribution in [0.3, 0.4) is 0 Å². The van der Waals surface area contributed by atoms with E-state index in [4.69, 9.17) is 0 Å². The second kappa shape index (κ2) is 14.9. The molecule has 4 heteroatoms. The fourth-order valence-corrected chi connectivity index (χ4v) is 15.2. The number of hydrogen-bond acceptors (Lipinski definition) is 2. The summed E-state index contributed by atoms with van der Waals surface area (Å²) in [5.41, 5.74) is 11.7. The Morgan fingerprint density at radius 1 is 0.553 bits per heavy atom. The molecule has 6 rings (SSSR count). The quantitative estimate of drug-likeness (QED) is 0.108. The zero-order valence-electron chi connectivity index (χ0n) is 26.7. The molecule has 0 unspecified atom stereocenters. The fourth-order valence-electron chi connectivity index (χ4n) is 6.88. The van der Waals surface area contributed by atoms with Crippen molar-refractivity contribution in [2.24, 2.45) is 0 Å². The maximum atomic E-state index is 14.1. The van der Waals surface area contributed by atoms with E-state index in [9.17, 15) is 4.79 Å². The number of Topliss-reactive ketones (excluding diaryl/α,β-unsaturated/α-hetero) is 1. The van der Waals surface area contributed by atoms with Gasteiger partial charge in [0, 0.05) is 35.5 Å². The van der Waals surface area contributed by atoms with Crippen LogP contribution in [0.2, 0.25) is 12.1 Å². The highest BCUT2D eigenvalue weighted by Crippen LogP contribution is 2.41. The van der Waals surface area contributed by atoms with Crippen LogP contribution in [0.15, 0.2) is 169 Å². The third kappa shape index (κ3) is 6.51. The molecule has 0 radical (unpaired) electrons. The SMILES string of the molecule is C=CC[Si](C#CCC1=C2CSCC2=C(CC#C[Si](CC=C)(c2ccccc2)c2ccccc2)C1=O)(c1ccccc1)c1ccccc1. The van der Waals surface area contributed by atoms with Gasteiger partial charge in [0.2, 0.25) is 16.1 Å². The van der Waals surface area contributed by atoms with Crippen molar-refractivity contribution in [2.75, 3.05) is 11.5 Å². The first-order valence-corrected chi connectivity index (χ1v) is 21.7. The van der Waals surface area contributed by atoms with E-state index in [1.165, 1.54) is 31.9 Å². The molecule has 1 aliphatic carbocycles. The molecule has 0 amide bonds. The van der Waals surface area contributed by atoms with Crippen LogP contribution < -0.4 is 20.7 Å². The molecule has 47 heavy (non-hydrogen) atoms. The monoisotopic (exact) mass is 658 g/mol. The summed E-state index contributed by atoms with van der Waals surface area (Å²) in [6.07, 6.45) is 4.94. The van der Waals surface area contributed by atoms with E-state index in [-0.39, 0.29) is 5.78 Å². The van der Waals surface area contributed by atoms with Gasteiger partial charge in [0.15, 0.2) is 5.78 Å². The Labute approximate surface area is 286 Å². The number of fused-ring (bicyclic) bond motifs is 1. The number of ketones is 1. The minimum Gasteiger partial charge on any atom is -0.289 e. The second-order valence-corrected chi connectivity index (χ2v) is 20.2. The standard InChI is InChI=1S/C43H38OSSi2/c1-3-29-46(35-19-9-5-10-20-35,36-21-11-6-12-22-36)31-17-27-39-41-33-45-34-42(41)40(43(39)44)28-18-32-47(30-4-2,37-23-13-7-14-24-37)38-25-15-8-16-26-38/h3-16,19-26H,1-2,27-30,33-34H2. The van der Waals surface area contributed by atoms with Crippen molar-refractivity contribution in [3.63, 3.8) is 0 Å². The van der Waals surface area contributed by atoms with Crippen LogP contribution in [-0.4, -0.2) is 33.4 Å². The van der Waals surface area contributed by atoms with Crippen LogP contribution in [0.1, 0.15) is 12.8 Å². The van der Waals surface area contributed by atoms with E-state index in [1.807, 2.05) is 23.9 Å². The van der Waals surface area contributed by atoms with Crippen LogP contribution in [0.4, 0.5) is 0 Å².